The quantitative estimate of drug-likeness (QED) is 0.453. The Hall–Kier alpha value is -3.23. The summed E-state index contributed by atoms with van der Waals surface area (Å²) in [4.78, 5) is 15.6. The molecule has 30 heavy (non-hydrogen) atoms. The molecular formula is C22H18N2O4S2. The van der Waals surface area contributed by atoms with Crippen LogP contribution in [0.3, 0.4) is 0 Å². The summed E-state index contributed by atoms with van der Waals surface area (Å²) in [7, 11) is -3.78. The lowest BCUT2D eigenvalue weighted by Crippen LogP contribution is -2.13. The second kappa shape index (κ2) is 7.55. The second-order valence-electron chi connectivity index (χ2n) is 6.80. The van der Waals surface area contributed by atoms with Crippen LogP contribution in [0.1, 0.15) is 21.1 Å². The van der Waals surface area contributed by atoms with Crippen LogP contribution >= 0.6 is 11.3 Å². The molecule has 0 fully saturated rings. The molecule has 1 heterocycles. The van der Waals surface area contributed by atoms with Crippen molar-refractivity contribution in [2.24, 2.45) is 0 Å². The Morgan fingerprint density at radius 2 is 1.73 bits per heavy atom. The lowest BCUT2D eigenvalue weighted by atomic mass is 9.96. The summed E-state index contributed by atoms with van der Waals surface area (Å²) in [6, 6.07) is 17.6. The molecule has 1 aromatic heterocycles. The van der Waals surface area contributed by atoms with Crippen LogP contribution in [0.4, 0.5) is 5.69 Å². The van der Waals surface area contributed by atoms with Gasteiger partial charge in [0.1, 0.15) is 0 Å². The molecule has 0 aliphatic carbocycles. The Morgan fingerprint density at radius 1 is 1.00 bits per heavy atom. The molecule has 0 bridgehead atoms. The Balaban J connectivity index is 1.83. The first-order valence-electron chi connectivity index (χ1n) is 9.08. The van der Waals surface area contributed by atoms with E-state index in [9.17, 15) is 18.3 Å². The van der Waals surface area contributed by atoms with Crippen LogP contribution < -0.4 is 4.72 Å². The molecular weight excluding hydrogens is 420 g/mol. The molecule has 4 rings (SSSR count). The van der Waals surface area contributed by atoms with E-state index < -0.39 is 16.0 Å². The smallest absolute Gasteiger partial charge is 0.335 e. The van der Waals surface area contributed by atoms with Gasteiger partial charge in [-0.05, 0) is 48.6 Å². The molecule has 8 heteroatoms. The highest BCUT2D eigenvalue weighted by molar-refractivity contribution is 7.94. The summed E-state index contributed by atoms with van der Waals surface area (Å²) in [5.41, 5.74) is 2.68. The van der Waals surface area contributed by atoms with Gasteiger partial charge in [-0.1, -0.05) is 42.5 Å². The largest absolute Gasteiger partial charge is 0.478 e. The zero-order valence-corrected chi connectivity index (χ0v) is 17.8. The monoisotopic (exact) mass is 438 g/mol. The van der Waals surface area contributed by atoms with Crippen molar-refractivity contribution in [3.63, 3.8) is 0 Å². The van der Waals surface area contributed by atoms with Gasteiger partial charge >= 0.3 is 5.97 Å². The van der Waals surface area contributed by atoms with Gasteiger partial charge in [-0.15, -0.1) is 11.3 Å². The summed E-state index contributed by atoms with van der Waals surface area (Å²) in [5.74, 6) is -0.999. The lowest BCUT2D eigenvalue weighted by molar-refractivity contribution is 0.0697. The molecule has 0 saturated heterocycles. The lowest BCUT2D eigenvalue weighted by Gasteiger charge is -2.14. The van der Waals surface area contributed by atoms with E-state index in [1.54, 1.807) is 38.1 Å². The number of hydrogen-bond acceptors (Lipinski definition) is 5. The highest BCUT2D eigenvalue weighted by Gasteiger charge is 2.22. The van der Waals surface area contributed by atoms with Crippen molar-refractivity contribution in [3.8, 4) is 11.1 Å². The number of carboxylic acid groups (broad SMARTS) is 1. The van der Waals surface area contributed by atoms with Crippen molar-refractivity contribution >= 4 is 43.8 Å². The second-order valence-corrected chi connectivity index (χ2v) is 9.88. The Morgan fingerprint density at radius 3 is 2.40 bits per heavy atom. The third kappa shape index (κ3) is 3.67. The number of fused-ring (bicyclic) bond motifs is 1. The fourth-order valence-corrected chi connectivity index (χ4v) is 5.98. The number of sulfonamides is 1. The summed E-state index contributed by atoms with van der Waals surface area (Å²) >= 11 is 1.13. The number of aromatic nitrogens is 1. The number of carbonyl (C=O) groups is 1. The number of benzene rings is 3. The van der Waals surface area contributed by atoms with Gasteiger partial charge < -0.3 is 5.11 Å². The standard InChI is InChI=1S/C22H18N2O4S2/c1-13-22(29-14(2)23-13)30(27,28)24-20-11-10-17(18-8-3-4-9-19(18)20)15-6-5-7-16(12-15)21(25)26/h3-12,24H,1-2H3,(H,25,26). The van der Waals surface area contributed by atoms with E-state index in [-0.39, 0.29) is 9.77 Å². The number of thiazole rings is 1. The topological polar surface area (TPSA) is 96.4 Å². The van der Waals surface area contributed by atoms with Gasteiger partial charge in [0, 0.05) is 5.39 Å². The molecule has 0 atom stereocenters. The van der Waals surface area contributed by atoms with Crippen molar-refractivity contribution in [2.45, 2.75) is 18.1 Å². The summed E-state index contributed by atoms with van der Waals surface area (Å²) < 4.78 is 28.8. The maximum absolute atomic E-state index is 12.9. The predicted molar refractivity (Wildman–Crippen MR) is 119 cm³/mol. The van der Waals surface area contributed by atoms with Gasteiger partial charge in [0.05, 0.1) is 22.0 Å². The van der Waals surface area contributed by atoms with Crippen LogP contribution in [0.15, 0.2) is 64.9 Å². The van der Waals surface area contributed by atoms with Gasteiger partial charge in [0.15, 0.2) is 4.21 Å². The van der Waals surface area contributed by atoms with Crippen LogP contribution in [0, 0.1) is 13.8 Å². The predicted octanol–water partition coefficient (Wildman–Crippen LogP) is 5.08. The third-order valence-corrected chi connectivity index (χ3v) is 7.74. The van der Waals surface area contributed by atoms with Crippen LogP contribution in [0.25, 0.3) is 21.9 Å². The Labute approximate surface area is 177 Å². The number of anilines is 1. The number of nitrogens with one attached hydrogen (secondary N) is 1. The zero-order chi connectivity index (χ0) is 21.5. The average Bonchev–Trinajstić information content (AvgIpc) is 3.07. The minimum atomic E-state index is -3.78. The summed E-state index contributed by atoms with van der Waals surface area (Å²) in [5, 5.41) is 11.5. The van der Waals surface area contributed by atoms with E-state index in [2.05, 4.69) is 9.71 Å². The van der Waals surface area contributed by atoms with Gasteiger partial charge in [0.2, 0.25) is 0 Å². The molecule has 0 unspecified atom stereocenters. The van der Waals surface area contributed by atoms with Crippen molar-refractivity contribution in [3.05, 3.63) is 76.9 Å². The van der Waals surface area contributed by atoms with E-state index in [1.165, 1.54) is 6.07 Å². The molecule has 6 nitrogen and oxygen atoms in total. The molecule has 2 N–H and O–H groups in total. The summed E-state index contributed by atoms with van der Waals surface area (Å²) in [6.45, 7) is 3.45. The Kier molecular flexibility index (Phi) is 5.05. The molecule has 152 valence electrons. The van der Waals surface area contributed by atoms with Gasteiger partial charge in [-0.2, -0.15) is 0 Å². The number of hydrogen-bond donors (Lipinski definition) is 2. The van der Waals surface area contributed by atoms with E-state index in [4.69, 9.17) is 0 Å². The minimum Gasteiger partial charge on any atom is -0.478 e. The minimum absolute atomic E-state index is 0.192. The third-order valence-electron chi connectivity index (χ3n) is 4.69. The molecule has 3 aromatic carbocycles. The van der Waals surface area contributed by atoms with Crippen LogP contribution in [-0.2, 0) is 10.0 Å². The first-order chi connectivity index (χ1) is 14.3. The van der Waals surface area contributed by atoms with Crippen molar-refractivity contribution in [1.82, 2.24) is 4.98 Å². The van der Waals surface area contributed by atoms with Gasteiger partial charge in [-0.3, -0.25) is 4.72 Å². The molecule has 0 spiro atoms. The highest BCUT2D eigenvalue weighted by Crippen LogP contribution is 2.35. The molecule has 0 aliphatic heterocycles. The van der Waals surface area contributed by atoms with E-state index >= 15 is 0 Å². The first kappa shape index (κ1) is 20.1. The number of nitrogens with zero attached hydrogens (tertiary/aromatic N) is 1. The maximum Gasteiger partial charge on any atom is 0.335 e. The van der Waals surface area contributed by atoms with Crippen molar-refractivity contribution in [1.29, 1.82) is 0 Å². The first-order valence-corrected chi connectivity index (χ1v) is 11.4. The van der Waals surface area contributed by atoms with E-state index in [1.807, 2.05) is 30.3 Å². The van der Waals surface area contributed by atoms with Crippen molar-refractivity contribution < 1.29 is 18.3 Å². The van der Waals surface area contributed by atoms with Gasteiger partial charge in [0.25, 0.3) is 10.0 Å². The van der Waals surface area contributed by atoms with Crippen LogP contribution in [0.2, 0.25) is 0 Å². The molecule has 0 saturated carbocycles. The molecule has 0 aliphatic rings. The highest BCUT2D eigenvalue weighted by atomic mass is 32.2. The average molecular weight is 439 g/mol. The molecule has 0 radical (unpaired) electrons. The van der Waals surface area contributed by atoms with Crippen molar-refractivity contribution in [2.75, 3.05) is 4.72 Å². The molecule has 4 aromatic rings. The fraction of sp³-hybridized carbons (Fsp3) is 0.0909. The SMILES string of the molecule is Cc1nc(C)c(S(=O)(=O)Nc2ccc(-c3cccc(C(=O)O)c3)c3ccccc23)s1. The summed E-state index contributed by atoms with van der Waals surface area (Å²) in [6.07, 6.45) is 0. The normalized spacial score (nSPS) is 11.5. The van der Waals surface area contributed by atoms with E-state index in [0.29, 0.717) is 16.4 Å². The molecule has 0 amide bonds. The number of aryl methyl sites for hydroxylation is 2. The maximum atomic E-state index is 12.9. The number of carboxylic acids is 1. The number of rotatable bonds is 5. The Bertz CT molecular complexity index is 1390. The van der Waals surface area contributed by atoms with Crippen LogP contribution in [-0.4, -0.2) is 24.5 Å². The van der Waals surface area contributed by atoms with Crippen LogP contribution in [0.5, 0.6) is 0 Å². The van der Waals surface area contributed by atoms with Gasteiger partial charge in [-0.25, -0.2) is 18.2 Å². The van der Waals surface area contributed by atoms with E-state index in [0.717, 1.165) is 33.2 Å². The fourth-order valence-electron chi connectivity index (χ4n) is 3.41. The number of aromatic carboxylic acids is 1. The zero-order valence-electron chi connectivity index (χ0n) is 16.2.